The van der Waals surface area contributed by atoms with E-state index in [-0.39, 0.29) is 18.6 Å². The minimum atomic E-state index is -0.0429. The van der Waals surface area contributed by atoms with Crippen molar-refractivity contribution in [1.29, 1.82) is 0 Å². The Morgan fingerprint density at radius 2 is 2.33 bits per heavy atom. The highest BCUT2D eigenvalue weighted by atomic mass is 32.1. The molecular formula is C15H21N3O2S. The number of thiocarbonyl (C=S) groups is 1. The van der Waals surface area contributed by atoms with Crippen molar-refractivity contribution in [2.45, 2.75) is 25.3 Å². The van der Waals surface area contributed by atoms with Crippen LogP contribution >= 0.6 is 12.2 Å². The van der Waals surface area contributed by atoms with Gasteiger partial charge in [0.05, 0.1) is 6.61 Å². The Morgan fingerprint density at radius 3 is 3.05 bits per heavy atom. The van der Waals surface area contributed by atoms with Gasteiger partial charge in [0.2, 0.25) is 5.91 Å². The zero-order valence-corrected chi connectivity index (χ0v) is 12.7. The number of nitrogens with one attached hydrogen (secondary N) is 1. The molecule has 0 radical (unpaired) electrons. The summed E-state index contributed by atoms with van der Waals surface area (Å²) < 4.78 is 0. The van der Waals surface area contributed by atoms with Gasteiger partial charge in [-0.1, -0.05) is 24.4 Å². The largest absolute Gasteiger partial charge is 0.395 e. The number of amides is 1. The minimum absolute atomic E-state index is 0.0429. The van der Waals surface area contributed by atoms with Crippen molar-refractivity contribution in [2.75, 3.05) is 25.0 Å². The van der Waals surface area contributed by atoms with Crippen molar-refractivity contribution in [1.82, 2.24) is 4.90 Å². The van der Waals surface area contributed by atoms with Gasteiger partial charge in [0, 0.05) is 30.3 Å². The molecule has 21 heavy (non-hydrogen) atoms. The van der Waals surface area contributed by atoms with Crippen LogP contribution in [-0.2, 0) is 4.79 Å². The van der Waals surface area contributed by atoms with Crippen LogP contribution in [0.25, 0.3) is 0 Å². The van der Waals surface area contributed by atoms with Crippen molar-refractivity contribution >= 4 is 28.8 Å². The van der Waals surface area contributed by atoms with E-state index in [2.05, 4.69) is 10.2 Å². The molecule has 1 aliphatic rings. The molecule has 1 fully saturated rings. The SMILES string of the molecule is NC(=S)c1cccc(NC(=O)CCN2CCCC2CO)c1. The van der Waals surface area contributed by atoms with E-state index in [0.29, 0.717) is 23.6 Å². The van der Waals surface area contributed by atoms with Gasteiger partial charge >= 0.3 is 0 Å². The Morgan fingerprint density at radius 1 is 1.52 bits per heavy atom. The van der Waals surface area contributed by atoms with Crippen LogP contribution in [0.4, 0.5) is 5.69 Å². The molecular weight excluding hydrogens is 286 g/mol. The van der Waals surface area contributed by atoms with Crippen LogP contribution in [0.3, 0.4) is 0 Å². The molecule has 1 aromatic rings. The summed E-state index contributed by atoms with van der Waals surface area (Å²) in [6, 6.07) is 7.41. The van der Waals surface area contributed by atoms with Gasteiger partial charge in [-0.3, -0.25) is 9.69 Å². The fourth-order valence-corrected chi connectivity index (χ4v) is 2.74. The smallest absolute Gasteiger partial charge is 0.225 e. The van der Waals surface area contributed by atoms with Crippen LogP contribution < -0.4 is 11.1 Å². The number of likely N-dealkylation sites (tertiary alicyclic amines) is 1. The molecule has 1 heterocycles. The average Bonchev–Trinajstić information content (AvgIpc) is 2.93. The highest BCUT2D eigenvalue weighted by Crippen LogP contribution is 2.17. The van der Waals surface area contributed by atoms with Gasteiger partial charge in [0.25, 0.3) is 0 Å². The first kappa shape index (κ1) is 15.9. The van der Waals surface area contributed by atoms with Gasteiger partial charge in [0.1, 0.15) is 4.99 Å². The number of nitrogens with two attached hydrogens (primary N) is 1. The molecule has 1 unspecified atom stereocenters. The first-order valence-electron chi connectivity index (χ1n) is 7.15. The van der Waals surface area contributed by atoms with Crippen molar-refractivity contribution < 1.29 is 9.90 Å². The van der Waals surface area contributed by atoms with Crippen molar-refractivity contribution in [3.05, 3.63) is 29.8 Å². The molecule has 2 rings (SSSR count). The Kier molecular flexibility index (Phi) is 5.67. The molecule has 0 bridgehead atoms. The van der Waals surface area contributed by atoms with Gasteiger partial charge in [-0.05, 0) is 31.5 Å². The lowest BCUT2D eigenvalue weighted by molar-refractivity contribution is -0.116. The van der Waals surface area contributed by atoms with Crippen molar-refractivity contribution in [3.63, 3.8) is 0 Å². The van der Waals surface area contributed by atoms with Crippen molar-refractivity contribution in [3.8, 4) is 0 Å². The Hall–Kier alpha value is -1.50. The van der Waals surface area contributed by atoms with Crippen molar-refractivity contribution in [2.24, 2.45) is 5.73 Å². The maximum atomic E-state index is 12.0. The number of hydrogen-bond acceptors (Lipinski definition) is 4. The molecule has 1 aromatic carbocycles. The summed E-state index contributed by atoms with van der Waals surface area (Å²) in [4.78, 5) is 14.5. The number of carbonyl (C=O) groups is 1. The number of benzene rings is 1. The molecule has 1 aliphatic heterocycles. The molecule has 4 N–H and O–H groups in total. The van der Waals surface area contributed by atoms with Gasteiger partial charge < -0.3 is 16.2 Å². The molecule has 0 saturated carbocycles. The predicted molar refractivity (Wildman–Crippen MR) is 87.3 cm³/mol. The zero-order valence-electron chi connectivity index (χ0n) is 11.9. The van der Waals surface area contributed by atoms with Crippen LogP contribution in [0.2, 0.25) is 0 Å². The molecule has 1 amide bonds. The molecule has 114 valence electrons. The van der Waals surface area contributed by atoms with E-state index in [1.165, 1.54) is 0 Å². The van der Waals surface area contributed by atoms with Gasteiger partial charge in [-0.2, -0.15) is 0 Å². The van der Waals surface area contributed by atoms with E-state index in [1.807, 2.05) is 18.2 Å². The summed E-state index contributed by atoms with van der Waals surface area (Å²) in [7, 11) is 0. The number of carbonyl (C=O) groups excluding carboxylic acids is 1. The third-order valence-corrected chi connectivity index (χ3v) is 4.00. The molecule has 0 spiro atoms. The van der Waals surface area contributed by atoms with Crippen LogP contribution in [0, 0.1) is 0 Å². The summed E-state index contributed by atoms with van der Waals surface area (Å²) >= 11 is 4.92. The first-order chi connectivity index (χ1) is 10.1. The third-order valence-electron chi connectivity index (χ3n) is 3.77. The number of hydrogen-bond donors (Lipinski definition) is 3. The lowest BCUT2D eigenvalue weighted by Crippen LogP contribution is -2.34. The quantitative estimate of drug-likeness (QED) is 0.686. The fraction of sp³-hybridized carbons (Fsp3) is 0.467. The molecule has 1 atom stereocenters. The van der Waals surface area contributed by atoms with Crippen LogP contribution in [-0.4, -0.2) is 46.6 Å². The number of rotatable bonds is 6. The molecule has 1 saturated heterocycles. The van der Waals surface area contributed by atoms with Gasteiger partial charge in [0.15, 0.2) is 0 Å². The summed E-state index contributed by atoms with van der Waals surface area (Å²) in [5.41, 5.74) is 7.01. The maximum absolute atomic E-state index is 12.0. The second-order valence-electron chi connectivity index (χ2n) is 5.26. The van der Waals surface area contributed by atoms with E-state index < -0.39 is 0 Å². The Bertz CT molecular complexity index is 521. The van der Waals surface area contributed by atoms with E-state index in [4.69, 9.17) is 18.0 Å². The number of aliphatic hydroxyl groups excluding tert-OH is 1. The molecule has 6 heteroatoms. The number of anilines is 1. The van der Waals surface area contributed by atoms with E-state index in [1.54, 1.807) is 6.07 Å². The average molecular weight is 307 g/mol. The standard InChI is InChI=1S/C15H21N3O2S/c16-15(21)11-3-1-4-12(9-11)17-14(20)6-8-18-7-2-5-13(18)10-19/h1,3-4,9,13,19H,2,5-8,10H2,(H2,16,21)(H,17,20). The van der Waals surface area contributed by atoms with Crippen LogP contribution in [0.15, 0.2) is 24.3 Å². The monoisotopic (exact) mass is 307 g/mol. The van der Waals surface area contributed by atoms with Gasteiger partial charge in [-0.25, -0.2) is 0 Å². The van der Waals surface area contributed by atoms with Crippen LogP contribution in [0.5, 0.6) is 0 Å². The third kappa shape index (κ3) is 4.49. The zero-order chi connectivity index (χ0) is 15.2. The summed E-state index contributed by atoms with van der Waals surface area (Å²) in [6.45, 7) is 1.79. The van der Waals surface area contributed by atoms with E-state index in [9.17, 15) is 9.90 Å². The van der Waals surface area contributed by atoms with E-state index >= 15 is 0 Å². The molecule has 0 aliphatic carbocycles. The van der Waals surface area contributed by atoms with E-state index in [0.717, 1.165) is 24.9 Å². The summed E-state index contributed by atoms with van der Waals surface area (Å²) in [5.74, 6) is -0.0429. The van der Waals surface area contributed by atoms with Crippen LogP contribution in [0.1, 0.15) is 24.8 Å². The topological polar surface area (TPSA) is 78.6 Å². The maximum Gasteiger partial charge on any atom is 0.225 e. The lowest BCUT2D eigenvalue weighted by atomic mass is 10.2. The number of nitrogens with zero attached hydrogens (tertiary/aromatic N) is 1. The summed E-state index contributed by atoms with van der Waals surface area (Å²) in [5, 5.41) is 12.1. The molecule has 5 nitrogen and oxygen atoms in total. The predicted octanol–water partition coefficient (Wildman–Crippen LogP) is 1.11. The summed E-state index contributed by atoms with van der Waals surface area (Å²) in [6.07, 6.45) is 2.50. The normalized spacial score (nSPS) is 18.6. The minimum Gasteiger partial charge on any atom is -0.395 e. The first-order valence-corrected chi connectivity index (χ1v) is 7.55. The highest BCUT2D eigenvalue weighted by molar-refractivity contribution is 7.80. The highest BCUT2D eigenvalue weighted by Gasteiger charge is 2.23. The number of aliphatic hydroxyl groups is 1. The fourth-order valence-electron chi connectivity index (χ4n) is 2.62. The van der Waals surface area contributed by atoms with Gasteiger partial charge in [-0.15, -0.1) is 0 Å². The molecule has 0 aromatic heterocycles. The second kappa shape index (κ2) is 7.49. The lowest BCUT2D eigenvalue weighted by Gasteiger charge is -2.22. The Labute approximate surface area is 130 Å². The second-order valence-corrected chi connectivity index (χ2v) is 5.70. The Balaban J connectivity index is 1.84.